The molecule has 0 saturated heterocycles. The molecule has 2 aromatic rings. The maximum Gasteiger partial charge on any atom is 0.0301 e. The fraction of sp³-hybridized carbons (Fsp3) is 0.250. The van der Waals surface area contributed by atoms with Crippen molar-refractivity contribution < 1.29 is 0 Å². The van der Waals surface area contributed by atoms with Crippen LogP contribution in [-0.2, 0) is 5.41 Å². The molecule has 1 atom stereocenters. The van der Waals surface area contributed by atoms with Crippen LogP contribution in [0.4, 0.5) is 0 Å². The van der Waals surface area contributed by atoms with Gasteiger partial charge in [0, 0.05) is 25.0 Å². The van der Waals surface area contributed by atoms with Crippen LogP contribution in [0.1, 0.15) is 38.3 Å². The van der Waals surface area contributed by atoms with Crippen LogP contribution in [0.15, 0.2) is 60.2 Å². The van der Waals surface area contributed by atoms with Gasteiger partial charge in [-0.05, 0) is 55.4 Å². The largest absolute Gasteiger partial charge is 0.0833 e. The second-order valence-electron chi connectivity index (χ2n) is 8.25. The minimum absolute atomic E-state index is 0.00244. The molecule has 0 aliphatic heterocycles. The lowest BCUT2D eigenvalue weighted by atomic mass is 9.72. The first-order chi connectivity index (χ1) is 12.4. The van der Waals surface area contributed by atoms with Gasteiger partial charge in [0.25, 0.3) is 0 Å². The first-order valence-electron chi connectivity index (χ1n) is 9.08. The molecule has 0 fully saturated rings. The Hall–Kier alpha value is -1.38. The molecule has 2 aromatic carbocycles. The third kappa shape index (κ3) is 1.90. The number of fused-ring (bicyclic) bond motifs is 6. The Morgan fingerprint density at radius 3 is 2.50 bits per heavy atom. The predicted octanol–water partition coefficient (Wildman–Crippen LogP) is 5.91. The van der Waals surface area contributed by atoms with Crippen molar-refractivity contribution in [3.05, 3.63) is 81.8 Å². The first-order valence-corrected chi connectivity index (χ1v) is 10.7. The van der Waals surface area contributed by atoms with Crippen molar-refractivity contribution in [2.45, 2.75) is 32.6 Å². The van der Waals surface area contributed by atoms with Gasteiger partial charge in [-0.3, -0.25) is 0 Å². The fourth-order valence-electron chi connectivity index (χ4n) is 4.92. The maximum absolute atomic E-state index is 4.01. The van der Waals surface area contributed by atoms with E-state index in [9.17, 15) is 0 Å². The lowest BCUT2D eigenvalue weighted by Crippen LogP contribution is -2.40. The lowest BCUT2D eigenvalue weighted by molar-refractivity contribution is 0.564. The zero-order valence-corrected chi connectivity index (χ0v) is 18.3. The number of benzene rings is 2. The van der Waals surface area contributed by atoms with Crippen LogP contribution in [-0.4, -0.2) is 0 Å². The summed E-state index contributed by atoms with van der Waals surface area (Å²) in [5, 5.41) is 2.66. The minimum Gasteiger partial charge on any atom is -0.0833 e. The molecule has 2 heteroatoms. The standard InChI is InChI=1S/C24H20Br2/c1-23(2)16-9-5-4-8-14(16)19-17(23)12-11-15-20(19)21(25)18-10-6-7-13-24(18,3)22(15)26/h4-12H,13H2,1-3H3. The van der Waals surface area contributed by atoms with Crippen LogP contribution in [0.25, 0.3) is 20.1 Å². The zero-order valence-electron chi connectivity index (χ0n) is 15.2. The topological polar surface area (TPSA) is 0 Å². The lowest BCUT2D eigenvalue weighted by Gasteiger charge is -2.36. The van der Waals surface area contributed by atoms with Crippen molar-refractivity contribution in [1.29, 1.82) is 0 Å². The van der Waals surface area contributed by atoms with E-state index in [1.807, 2.05) is 0 Å². The van der Waals surface area contributed by atoms with E-state index in [0.29, 0.717) is 0 Å². The van der Waals surface area contributed by atoms with Gasteiger partial charge in [-0.2, -0.15) is 0 Å². The summed E-state index contributed by atoms with van der Waals surface area (Å²) in [4.78, 5) is 0. The Kier molecular flexibility index (Phi) is 3.44. The molecule has 3 aliphatic carbocycles. The van der Waals surface area contributed by atoms with Gasteiger partial charge in [0.05, 0.1) is 0 Å². The summed E-state index contributed by atoms with van der Waals surface area (Å²) < 4.78 is 2.54. The van der Waals surface area contributed by atoms with E-state index in [2.05, 4.69) is 107 Å². The van der Waals surface area contributed by atoms with E-state index in [1.165, 1.54) is 47.2 Å². The Balaban J connectivity index is 2.03. The van der Waals surface area contributed by atoms with Crippen LogP contribution < -0.4 is 10.4 Å². The minimum atomic E-state index is 0.00244. The van der Waals surface area contributed by atoms with Gasteiger partial charge in [0.1, 0.15) is 0 Å². The van der Waals surface area contributed by atoms with Gasteiger partial charge in [0.2, 0.25) is 0 Å². The smallest absolute Gasteiger partial charge is 0.0301 e. The van der Waals surface area contributed by atoms with Gasteiger partial charge < -0.3 is 0 Å². The SMILES string of the molecule is CC12CC=CC=C1C(Br)=c1c3c(ccc1=C2Br)C(C)(C)c1ccccc1-3. The van der Waals surface area contributed by atoms with Gasteiger partial charge in [0.15, 0.2) is 0 Å². The van der Waals surface area contributed by atoms with Crippen molar-refractivity contribution in [3.8, 4) is 11.1 Å². The summed E-state index contributed by atoms with van der Waals surface area (Å²) in [6.45, 7) is 7.01. The molecule has 0 saturated carbocycles. The third-order valence-electron chi connectivity index (χ3n) is 6.44. The number of hydrogen-bond donors (Lipinski definition) is 0. The summed E-state index contributed by atoms with van der Waals surface area (Å²) in [6, 6.07) is 13.5. The summed E-state index contributed by atoms with van der Waals surface area (Å²) in [6.07, 6.45) is 7.74. The van der Waals surface area contributed by atoms with E-state index in [4.69, 9.17) is 0 Å². The second-order valence-corrected chi connectivity index (χ2v) is 9.84. The van der Waals surface area contributed by atoms with E-state index in [1.54, 1.807) is 0 Å². The highest BCUT2D eigenvalue weighted by Crippen LogP contribution is 2.52. The molecule has 5 rings (SSSR count). The summed E-state index contributed by atoms with van der Waals surface area (Å²) in [7, 11) is 0. The second kappa shape index (κ2) is 5.33. The quantitative estimate of drug-likeness (QED) is 0.452. The van der Waals surface area contributed by atoms with Crippen LogP contribution in [0.3, 0.4) is 0 Å². The normalized spacial score (nSPS) is 24.6. The van der Waals surface area contributed by atoms with Crippen molar-refractivity contribution in [3.63, 3.8) is 0 Å². The van der Waals surface area contributed by atoms with Crippen molar-refractivity contribution >= 4 is 40.8 Å². The van der Waals surface area contributed by atoms with Gasteiger partial charge in [-0.15, -0.1) is 0 Å². The van der Waals surface area contributed by atoms with E-state index >= 15 is 0 Å². The number of allylic oxidation sites excluding steroid dienone is 4. The average Bonchev–Trinajstić information content (AvgIpc) is 2.87. The third-order valence-corrected chi connectivity index (χ3v) is 8.57. The van der Waals surface area contributed by atoms with Crippen molar-refractivity contribution in [2.75, 3.05) is 0 Å². The van der Waals surface area contributed by atoms with Crippen molar-refractivity contribution in [2.24, 2.45) is 5.41 Å². The molecule has 26 heavy (non-hydrogen) atoms. The molecular formula is C24H20Br2. The molecular weight excluding hydrogens is 448 g/mol. The highest BCUT2D eigenvalue weighted by molar-refractivity contribution is 9.15. The van der Waals surface area contributed by atoms with Crippen LogP contribution in [0.2, 0.25) is 0 Å². The van der Waals surface area contributed by atoms with Crippen LogP contribution in [0, 0.1) is 5.41 Å². The molecule has 0 heterocycles. The fourth-order valence-corrected chi connectivity index (χ4v) is 6.61. The Morgan fingerprint density at radius 2 is 1.69 bits per heavy atom. The van der Waals surface area contributed by atoms with E-state index in [0.717, 1.165) is 6.42 Å². The van der Waals surface area contributed by atoms with Gasteiger partial charge in [-0.1, -0.05) is 91.3 Å². The van der Waals surface area contributed by atoms with E-state index < -0.39 is 0 Å². The number of hydrogen-bond acceptors (Lipinski definition) is 0. The number of halogens is 2. The first kappa shape index (κ1) is 16.8. The predicted molar refractivity (Wildman–Crippen MR) is 118 cm³/mol. The molecule has 0 N–H and O–H groups in total. The Bertz CT molecular complexity index is 1160. The summed E-state index contributed by atoms with van der Waals surface area (Å²) in [5.74, 6) is 0. The maximum atomic E-state index is 4.01. The monoisotopic (exact) mass is 466 g/mol. The van der Waals surface area contributed by atoms with Crippen LogP contribution >= 0.6 is 31.9 Å². The summed E-state index contributed by atoms with van der Waals surface area (Å²) in [5.41, 5.74) is 7.01. The molecule has 0 nitrogen and oxygen atoms in total. The van der Waals surface area contributed by atoms with Crippen LogP contribution in [0.5, 0.6) is 0 Å². The molecule has 0 amide bonds. The molecule has 0 bridgehead atoms. The van der Waals surface area contributed by atoms with Gasteiger partial charge >= 0.3 is 0 Å². The highest BCUT2D eigenvalue weighted by Gasteiger charge is 2.41. The molecule has 0 aromatic heterocycles. The Morgan fingerprint density at radius 1 is 0.923 bits per heavy atom. The molecule has 1 unspecified atom stereocenters. The molecule has 3 aliphatic rings. The van der Waals surface area contributed by atoms with Gasteiger partial charge in [-0.25, -0.2) is 0 Å². The zero-order chi connectivity index (χ0) is 18.3. The molecule has 0 spiro atoms. The summed E-state index contributed by atoms with van der Waals surface area (Å²) >= 11 is 8.01. The molecule has 130 valence electrons. The number of rotatable bonds is 0. The highest BCUT2D eigenvalue weighted by atomic mass is 79.9. The Labute approximate surface area is 171 Å². The van der Waals surface area contributed by atoms with Crippen molar-refractivity contribution in [1.82, 2.24) is 0 Å². The molecule has 0 radical (unpaired) electrons. The van der Waals surface area contributed by atoms with E-state index in [-0.39, 0.29) is 10.8 Å². The average molecular weight is 468 g/mol.